The van der Waals surface area contributed by atoms with E-state index in [0.29, 0.717) is 11.4 Å². The third-order valence-corrected chi connectivity index (χ3v) is 20.5. The summed E-state index contributed by atoms with van der Waals surface area (Å²) in [6.07, 6.45) is 3.93. The van der Waals surface area contributed by atoms with Gasteiger partial charge in [0.05, 0.1) is 38.0 Å². The third kappa shape index (κ3) is 11.8. The molecule has 8 atom stereocenters. The van der Waals surface area contributed by atoms with Crippen LogP contribution in [0.2, 0.25) is 15.1 Å². The average Bonchev–Trinajstić information content (AvgIpc) is 1.59. The maximum atomic E-state index is 13.6. The Kier molecular flexibility index (Phi) is 17.8. The van der Waals surface area contributed by atoms with E-state index in [1.54, 1.807) is 47.6 Å². The molecular weight excluding hydrogens is 1160 g/mol. The van der Waals surface area contributed by atoms with Crippen molar-refractivity contribution in [2.75, 3.05) is 10.4 Å². The lowest BCUT2D eigenvalue weighted by Crippen LogP contribution is -2.53. The molecule has 0 saturated heterocycles. The number of anilines is 2. The van der Waals surface area contributed by atoms with E-state index in [0.717, 1.165) is 73.0 Å². The second-order valence-corrected chi connectivity index (χ2v) is 28.5. The topological polar surface area (TPSA) is 198 Å². The number of Topliss-reactive ketones (excluding diaryl/α,β-unsaturated/α-hetero) is 2. The number of amides is 3. The number of carbonyl (C=O) groups is 6. The molecule has 15 nitrogen and oxygen atoms in total. The molecule has 4 aromatic rings. The van der Waals surface area contributed by atoms with Crippen LogP contribution in [0.15, 0.2) is 59.4 Å². The number of ketones is 2. The molecule has 83 heavy (non-hydrogen) atoms. The molecule has 0 radical (unpaired) electrons. The molecule has 5 saturated carbocycles. The van der Waals surface area contributed by atoms with Gasteiger partial charge in [0.1, 0.15) is 34.6 Å². The van der Waals surface area contributed by atoms with Gasteiger partial charge < -0.3 is 9.47 Å². The van der Waals surface area contributed by atoms with Crippen molar-refractivity contribution in [2.24, 2.45) is 50.7 Å². The maximum Gasteiger partial charge on any atom is 0.427 e. The Bertz CT molecular complexity index is 3330. The lowest BCUT2D eigenvalue weighted by Gasteiger charge is -2.34. The van der Waals surface area contributed by atoms with E-state index in [4.69, 9.17) is 55.9 Å². The zero-order chi connectivity index (χ0) is 62.3. The normalized spacial score (nSPS) is 27.0. The van der Waals surface area contributed by atoms with Crippen LogP contribution in [0.25, 0.3) is 5.69 Å². The van der Waals surface area contributed by atoms with Crippen LogP contribution in [0, 0.1) is 68.2 Å². The Morgan fingerprint density at radius 1 is 0.627 bits per heavy atom. The standard InChI is InChI=1S/C22H28ClFN2O4.C17H18ClFN2O.C11H14ClFN2O2.C11H15ClO2/c1-20(2,3)30-19(29)25-26(15-8-7-12(24)11-14(15)23)18(28)16-13-9-10-22(6,17(16)27)21(13,4)5;1-16(2)10-6-7-17(16,3)14-13(10)15(22)21(20-14)12-5-4-9(19)8-11(12)18;1-11(2,3)17-10(16)15-14-9-5-4-7(13)6-8(9)12;1-10(2)6-4-5-11(10,3)8(13)7(6)9(12)14/h7-8,11,13,16H,9-10H2,1-6H3,(H,25,29);4-5,8,10,20H,6-7H2,1-3H3;4-6,14H,1-3H3,(H,15,16);6-7H,4-5H2,1-3H3/t13-,16?,22+;10-,17+;;6-,7?,11+/m11.1/s1. The number of nitrogens with zero attached hydrogens (tertiary/aromatic N) is 2. The maximum absolute atomic E-state index is 13.6. The lowest BCUT2D eigenvalue weighted by atomic mass is 9.70. The Labute approximate surface area is 502 Å². The Hall–Kier alpha value is -5.56. The van der Waals surface area contributed by atoms with E-state index < -0.39 is 69.2 Å². The Morgan fingerprint density at radius 3 is 1.54 bits per heavy atom. The third-order valence-electron chi connectivity index (χ3n) is 19.4. The zero-order valence-electron chi connectivity index (χ0n) is 49.5. The molecule has 3 aromatic carbocycles. The molecule has 452 valence electrons. The van der Waals surface area contributed by atoms with Gasteiger partial charge in [0.2, 0.25) is 5.24 Å². The average molecular weight is 1240 g/mol. The number of aromatic amines is 1. The van der Waals surface area contributed by atoms with Crippen molar-refractivity contribution in [3.05, 3.63) is 109 Å². The molecule has 4 N–H and O–H groups in total. The minimum absolute atomic E-state index is 0.0239. The fraction of sp³-hybridized carbons (Fsp3) is 0.557. The number of aromatic nitrogens is 2. The fourth-order valence-electron chi connectivity index (χ4n) is 13.6. The predicted octanol–water partition coefficient (Wildman–Crippen LogP) is 14.8. The Morgan fingerprint density at radius 2 is 1.10 bits per heavy atom. The van der Waals surface area contributed by atoms with Crippen LogP contribution < -0.4 is 26.8 Å². The Balaban J connectivity index is 0.000000166. The highest BCUT2D eigenvalue weighted by molar-refractivity contribution is 6.65. The first-order valence-electron chi connectivity index (χ1n) is 27.6. The van der Waals surface area contributed by atoms with E-state index in [2.05, 4.69) is 56.0 Å². The van der Waals surface area contributed by atoms with Gasteiger partial charge in [-0.25, -0.2) is 43.3 Å². The van der Waals surface area contributed by atoms with Crippen LogP contribution in [-0.4, -0.2) is 55.9 Å². The van der Waals surface area contributed by atoms with Crippen LogP contribution >= 0.6 is 46.4 Å². The summed E-state index contributed by atoms with van der Waals surface area (Å²) in [7, 11) is 0. The molecule has 6 aliphatic carbocycles. The van der Waals surface area contributed by atoms with Gasteiger partial charge in [-0.2, -0.15) is 0 Å². The van der Waals surface area contributed by atoms with Crippen molar-refractivity contribution >= 4 is 92.7 Å². The number of ether oxygens (including phenoxy) is 2. The van der Waals surface area contributed by atoms with Gasteiger partial charge in [0, 0.05) is 27.5 Å². The molecule has 6 bridgehead atoms. The summed E-state index contributed by atoms with van der Waals surface area (Å²) in [5.41, 5.74) is 7.39. The van der Waals surface area contributed by atoms with Crippen LogP contribution in [0.4, 0.5) is 34.1 Å². The molecule has 1 aromatic heterocycles. The van der Waals surface area contributed by atoms with E-state index in [1.165, 1.54) is 35.0 Å². The summed E-state index contributed by atoms with van der Waals surface area (Å²) in [5.74, 6) is -3.29. The van der Waals surface area contributed by atoms with Gasteiger partial charge in [-0.05, 0) is 180 Å². The number of H-pyrrole nitrogens is 1. The van der Waals surface area contributed by atoms with E-state index in [9.17, 15) is 46.7 Å². The molecule has 10 rings (SSSR count). The van der Waals surface area contributed by atoms with Crippen LogP contribution in [0.3, 0.4) is 0 Å². The van der Waals surface area contributed by atoms with Crippen molar-refractivity contribution in [2.45, 2.75) is 165 Å². The SMILES string of the molecule is CC(C)(C)OC(=O)NN(C(=O)C1C(=O)[C@]2(C)CC[C@H]1C2(C)C)c1ccc(F)cc1Cl.CC(C)(C)OC(=O)NNc1ccc(F)cc1Cl.CC1(C)[C@@H]2CC[C@@]1(C)C(=O)C2C(=O)Cl.CC1(C)[C@@H]2CC[C@@]1(C)c1[nH]n(-c3ccc(F)cc3Cl)c(=O)c12. The van der Waals surface area contributed by atoms with Crippen molar-refractivity contribution in [3.8, 4) is 5.69 Å². The molecule has 5 fully saturated rings. The first-order chi connectivity index (χ1) is 38.1. The number of fused-ring (bicyclic) bond motifs is 9. The van der Waals surface area contributed by atoms with Gasteiger partial charge in [0.25, 0.3) is 11.5 Å². The fourth-order valence-corrected chi connectivity index (χ4v) is 14.6. The largest absolute Gasteiger partial charge is 0.443 e. The quantitative estimate of drug-likeness (QED) is 0.0819. The van der Waals surface area contributed by atoms with Gasteiger partial charge in [-0.1, -0.05) is 97.1 Å². The van der Waals surface area contributed by atoms with Gasteiger partial charge in [0.15, 0.2) is 11.6 Å². The second-order valence-electron chi connectivity index (χ2n) is 26.9. The first-order valence-corrected chi connectivity index (χ1v) is 29.1. The van der Waals surface area contributed by atoms with Crippen molar-refractivity contribution in [3.63, 3.8) is 0 Å². The molecule has 1 heterocycles. The lowest BCUT2D eigenvalue weighted by molar-refractivity contribution is -0.138. The number of carbonyl (C=O) groups excluding carboxylic acids is 6. The molecule has 22 heteroatoms. The number of hydrazine groups is 2. The van der Waals surface area contributed by atoms with E-state index >= 15 is 0 Å². The molecule has 6 aliphatic rings. The van der Waals surface area contributed by atoms with Crippen molar-refractivity contribution in [1.29, 1.82) is 0 Å². The monoisotopic (exact) mass is 1230 g/mol. The van der Waals surface area contributed by atoms with Crippen molar-refractivity contribution in [1.82, 2.24) is 20.6 Å². The highest BCUT2D eigenvalue weighted by atomic mass is 35.5. The molecule has 3 amide bonds. The number of hydrogen-bond acceptors (Lipinski definition) is 10. The highest BCUT2D eigenvalue weighted by Gasteiger charge is 2.69. The van der Waals surface area contributed by atoms with Gasteiger partial charge >= 0.3 is 12.2 Å². The summed E-state index contributed by atoms with van der Waals surface area (Å²) in [6, 6.07) is 11.3. The summed E-state index contributed by atoms with van der Waals surface area (Å²) in [4.78, 5) is 86.7. The summed E-state index contributed by atoms with van der Waals surface area (Å²) >= 11 is 23.6. The smallest absolute Gasteiger partial charge is 0.427 e. The minimum atomic E-state index is -0.921. The summed E-state index contributed by atoms with van der Waals surface area (Å²) in [6.45, 7) is 29.1. The zero-order valence-corrected chi connectivity index (χ0v) is 52.6. The van der Waals surface area contributed by atoms with Gasteiger partial charge in [-0.15, -0.1) is 0 Å². The van der Waals surface area contributed by atoms with Crippen LogP contribution in [0.1, 0.15) is 160 Å². The number of benzene rings is 3. The van der Waals surface area contributed by atoms with Gasteiger partial charge in [-0.3, -0.25) is 34.5 Å². The van der Waals surface area contributed by atoms with Crippen LogP contribution in [0.5, 0.6) is 0 Å². The summed E-state index contributed by atoms with van der Waals surface area (Å²) < 4.78 is 51.3. The number of nitrogens with one attached hydrogen (secondary N) is 4. The molecular formula is C61H75Cl4F3N6O9. The molecule has 0 spiro atoms. The molecule has 0 aliphatic heterocycles. The van der Waals surface area contributed by atoms with E-state index in [1.807, 2.05) is 27.7 Å². The van der Waals surface area contributed by atoms with Crippen molar-refractivity contribution < 1.29 is 51.4 Å². The number of hydrogen-bond donors (Lipinski definition) is 4. The molecule has 2 unspecified atom stereocenters. The minimum Gasteiger partial charge on any atom is -0.443 e. The number of halogens is 7. The second kappa shape index (κ2) is 22.7. The predicted molar refractivity (Wildman–Crippen MR) is 314 cm³/mol. The highest BCUT2D eigenvalue weighted by Crippen LogP contribution is 2.68. The summed E-state index contributed by atoms with van der Waals surface area (Å²) in [5, 5.41) is 4.06. The van der Waals surface area contributed by atoms with E-state index in [-0.39, 0.29) is 82.7 Å². The number of rotatable bonds is 6. The first kappa shape index (κ1) is 65.0. The van der Waals surface area contributed by atoms with Crippen LogP contribution in [-0.2, 0) is 34.1 Å².